The maximum atomic E-state index is 14.9. The molecule has 0 aromatic heterocycles. The lowest BCUT2D eigenvalue weighted by atomic mass is 9.99. The van der Waals surface area contributed by atoms with E-state index in [9.17, 15) is 113 Å². The standard InChI is InChI=1S/C83H128N16O25/c1-9-10-11-12-13-14-15-16-17-18-22-26-55-37-62(109)91-65(46(5)100)76(115)88-45(4)72(111)90-57(35-50-28-30-53(104)31-29-50)73(112)93-64(44(2)3)80(119)99-42-54(105)36-58(99)74(113)94-67(48(7)102)78(117)95-68(49(8)103)81(120)98-34-32-59(106)70(98)79(118)96-69(60(107)38-61(84)108)75(114)87-39-63(110)92-66(47(6)101)77(116)89-56(82(121)124-55)27-23-33-86-71(85)52-40-97(41-52)83(122)123-43-51-24-20-19-21-25-51/h19-21,24-25,28-31,44-49,52,54-60,64-70,100-107H,9-18,22-23,26-27,32-43H2,1-8H3,(H2,84,108)(H2,85,86)(H,87,114)(H,88,115)(H,89,116)(H,90,111)(H,91,109)(H,92,110)(H,93,112)(H,94,113)(H,95,117)(H,96,118)/t45-,46-,47-,48-,49-,54-,55-,56+,57+,58+,59+,60-,64+,65-,66-,67+,68-,69+,70+/m1/s1. The highest BCUT2D eigenvalue weighted by Crippen LogP contribution is 2.26. The van der Waals surface area contributed by atoms with E-state index in [0.29, 0.717) is 23.3 Å². The summed E-state index contributed by atoms with van der Waals surface area (Å²) in [5.74, 6) is -17.7. The highest BCUT2D eigenvalue weighted by atomic mass is 16.6. The molecule has 4 saturated heterocycles. The number of hydrogen-bond acceptors (Lipinski definition) is 26. The van der Waals surface area contributed by atoms with Gasteiger partial charge in [0.15, 0.2) is 0 Å². The Morgan fingerprint density at radius 3 is 1.67 bits per heavy atom. The molecular formula is C83H128N16O25. The lowest BCUT2D eigenvalue weighted by molar-refractivity contribution is -0.155. The van der Waals surface area contributed by atoms with Crippen LogP contribution in [0.5, 0.6) is 5.75 Å². The number of aliphatic hydroxyl groups excluding tert-OH is 7. The van der Waals surface area contributed by atoms with Gasteiger partial charge in [-0.1, -0.05) is 127 Å². The number of esters is 1. The predicted octanol–water partition coefficient (Wildman–Crippen LogP) is -3.80. The van der Waals surface area contributed by atoms with Crippen LogP contribution < -0.4 is 64.6 Å². The summed E-state index contributed by atoms with van der Waals surface area (Å²) < 4.78 is 11.5. The highest BCUT2D eigenvalue weighted by molar-refractivity contribution is 6.01. The van der Waals surface area contributed by atoms with Crippen molar-refractivity contribution in [2.45, 2.75) is 299 Å². The van der Waals surface area contributed by atoms with Gasteiger partial charge >= 0.3 is 12.1 Å². The van der Waals surface area contributed by atoms with E-state index in [2.05, 4.69) is 65.1 Å². The number of ether oxygens (including phenoxy) is 2. The molecule has 0 radical (unpaired) electrons. The number of carbonyl (C=O) groups is 15. The zero-order valence-corrected chi connectivity index (χ0v) is 71.7. The second kappa shape index (κ2) is 50.3. The number of rotatable bonds is 29. The fourth-order valence-corrected chi connectivity index (χ4v) is 14.7. The first kappa shape index (κ1) is 102. The molecule has 0 aliphatic carbocycles. The number of unbranched alkanes of at least 4 members (excludes halogenated alkanes) is 10. The average Bonchev–Trinajstić information content (AvgIpc) is 1.65. The summed E-state index contributed by atoms with van der Waals surface area (Å²) in [6, 6.07) is -5.77. The minimum atomic E-state index is -2.26. The van der Waals surface area contributed by atoms with Gasteiger partial charge in [-0.2, -0.15) is 0 Å². The van der Waals surface area contributed by atoms with Crippen LogP contribution in [0.2, 0.25) is 0 Å². The van der Waals surface area contributed by atoms with Crippen molar-refractivity contribution in [3.63, 3.8) is 0 Å². The van der Waals surface area contributed by atoms with Gasteiger partial charge in [-0.25, -0.2) is 9.59 Å². The van der Waals surface area contributed by atoms with Gasteiger partial charge in [-0.3, -0.25) is 67.3 Å². The number of phenolic OH excluding ortho intramolecular Hbond substituents is 1. The molecule has 0 spiro atoms. The topological polar surface area (TPSA) is 631 Å². The Hall–Kier alpha value is -10.7. The van der Waals surface area contributed by atoms with Gasteiger partial charge in [-0.05, 0) is 95.9 Å². The quantitative estimate of drug-likeness (QED) is 0.0161. The molecule has 14 amide bonds. The minimum absolute atomic E-state index is 0.0158. The molecule has 2 aromatic rings. The smallest absolute Gasteiger partial charge is 0.410 e. The first-order valence-corrected chi connectivity index (χ1v) is 42.6. The van der Waals surface area contributed by atoms with Gasteiger partial charge < -0.3 is 130 Å². The number of cyclic esters (lactones) is 1. The molecule has 6 rings (SSSR count). The monoisotopic (exact) mass is 1750 g/mol. The summed E-state index contributed by atoms with van der Waals surface area (Å²) >= 11 is 0. The number of carbonyl (C=O) groups excluding carboxylic acids is 15. The van der Waals surface area contributed by atoms with E-state index in [1.807, 2.05) is 6.07 Å². The number of nitrogens with zero attached hydrogens (tertiary/aromatic N) is 4. The Labute approximate surface area is 720 Å². The number of nitrogens with one attached hydrogen (secondary N) is 10. The molecule has 4 aliphatic heterocycles. The van der Waals surface area contributed by atoms with E-state index < -0.39 is 249 Å². The van der Waals surface area contributed by atoms with Gasteiger partial charge in [0, 0.05) is 45.6 Å². The van der Waals surface area contributed by atoms with Crippen LogP contribution in [-0.2, 0) is 89.6 Å². The van der Waals surface area contributed by atoms with Crippen LogP contribution in [0.15, 0.2) is 59.6 Å². The predicted molar refractivity (Wildman–Crippen MR) is 444 cm³/mol. The van der Waals surface area contributed by atoms with Crippen LogP contribution >= 0.6 is 0 Å². The molecule has 19 atom stereocenters. The molecule has 690 valence electrons. The largest absolute Gasteiger partial charge is 0.508 e. The van der Waals surface area contributed by atoms with Gasteiger partial charge in [0.2, 0.25) is 76.8 Å². The van der Waals surface area contributed by atoms with Gasteiger partial charge in [0.1, 0.15) is 90.8 Å². The number of likely N-dealkylation sites (tertiary alicyclic amines) is 1. The molecule has 22 N–H and O–H groups in total. The molecule has 4 heterocycles. The molecule has 41 nitrogen and oxygen atoms in total. The van der Waals surface area contributed by atoms with Crippen molar-refractivity contribution < 1.29 is 122 Å². The summed E-state index contributed by atoms with van der Waals surface area (Å²) in [5.41, 5.74) is 12.9. The van der Waals surface area contributed by atoms with Crippen LogP contribution in [-0.4, -0.2) is 305 Å². The average molecular weight is 1750 g/mol. The van der Waals surface area contributed by atoms with Gasteiger partial charge in [0.25, 0.3) is 0 Å². The summed E-state index contributed by atoms with van der Waals surface area (Å²) in [6.45, 7) is 8.86. The molecule has 0 bridgehead atoms. The Morgan fingerprint density at radius 2 is 1.08 bits per heavy atom. The first-order valence-electron chi connectivity index (χ1n) is 42.6. The number of benzene rings is 2. The summed E-state index contributed by atoms with van der Waals surface area (Å²) in [4.78, 5) is 220. The van der Waals surface area contributed by atoms with Crippen LogP contribution in [0.1, 0.15) is 182 Å². The van der Waals surface area contributed by atoms with E-state index in [1.165, 1.54) is 49.9 Å². The Kier molecular flexibility index (Phi) is 41.4. The van der Waals surface area contributed by atoms with Gasteiger partial charge in [0.05, 0.1) is 68.0 Å². The maximum Gasteiger partial charge on any atom is 0.410 e. The van der Waals surface area contributed by atoms with Crippen LogP contribution in [0, 0.1) is 11.8 Å². The van der Waals surface area contributed by atoms with Crippen molar-refractivity contribution in [3.05, 3.63) is 65.7 Å². The molecule has 124 heavy (non-hydrogen) atoms. The van der Waals surface area contributed by atoms with Crippen LogP contribution in [0.3, 0.4) is 0 Å². The van der Waals surface area contributed by atoms with Crippen molar-refractivity contribution in [1.82, 2.24) is 67.9 Å². The van der Waals surface area contributed by atoms with E-state index in [4.69, 9.17) is 20.9 Å². The normalized spacial score (nSPS) is 26.8. The molecular weight excluding hydrogens is 1620 g/mol. The number of aromatic hydroxyl groups is 1. The fourth-order valence-electron chi connectivity index (χ4n) is 14.7. The number of aliphatic hydroxyl groups is 7. The van der Waals surface area contributed by atoms with Gasteiger partial charge in [-0.15, -0.1) is 0 Å². The number of primary amides is 1. The third-order valence-corrected chi connectivity index (χ3v) is 22.0. The van der Waals surface area contributed by atoms with E-state index >= 15 is 0 Å². The van der Waals surface area contributed by atoms with Crippen molar-refractivity contribution in [2.75, 3.05) is 39.3 Å². The third-order valence-electron chi connectivity index (χ3n) is 22.0. The fraction of sp³-hybridized carbons (Fsp3) is 0.663. The van der Waals surface area contributed by atoms with Crippen molar-refractivity contribution in [1.29, 1.82) is 0 Å². The van der Waals surface area contributed by atoms with Crippen molar-refractivity contribution >= 4 is 94.7 Å². The van der Waals surface area contributed by atoms with Crippen molar-refractivity contribution in [3.8, 4) is 5.75 Å². The number of nitrogens with two attached hydrogens (primary N) is 2. The summed E-state index contributed by atoms with van der Waals surface area (Å²) in [5, 5.41) is 112. The third kappa shape index (κ3) is 31.8. The molecule has 4 aliphatic rings. The Balaban J connectivity index is 1.36. The molecule has 0 saturated carbocycles. The number of hydrogen-bond donors (Lipinski definition) is 20. The first-order chi connectivity index (χ1) is 58.7. The van der Waals surface area contributed by atoms with Crippen LogP contribution in [0.4, 0.5) is 4.79 Å². The summed E-state index contributed by atoms with van der Waals surface area (Å²) in [6.07, 6.45) is -7.57. The SMILES string of the molecule is CCCCCCCCCCCCC[C@@H]1CC(=O)N[C@H]([C@@H](C)O)C(=O)N[C@H](C)C(=O)N[C@@H](Cc2ccc(O)cc2)C(=O)N[C@@H](C(C)C)C(=O)N2C[C@H](O)C[C@H]2C(=O)N[C@@H]([C@@H](C)O)C(=O)N[C@H]([C@@H](C)O)C(=O)N2CC[C@H](O)[C@H]2C(=O)N[C@@H]([C@H](O)CC(N)=O)C(=O)NCC(=O)N[C@H]([C@@H](C)O)C(=O)N[C@@H](CCCN=C(N)C2CN(C(=O)OCc3ccccc3)C2)C(=O)O1. The summed E-state index contributed by atoms with van der Waals surface area (Å²) in [7, 11) is 0. The Bertz CT molecular complexity index is 3960. The number of aliphatic imine (C=N–C) groups is 1. The number of amidine groups is 1. The lowest BCUT2D eigenvalue weighted by Crippen LogP contribution is -2.64. The molecule has 2 aromatic carbocycles. The zero-order chi connectivity index (χ0) is 91.8. The lowest BCUT2D eigenvalue weighted by Gasteiger charge is -2.37. The van der Waals surface area contributed by atoms with Crippen LogP contribution in [0.25, 0.3) is 0 Å². The number of phenols is 1. The number of fused-ring (bicyclic) bond motifs is 2. The second-order valence-corrected chi connectivity index (χ2v) is 32.8. The minimum Gasteiger partial charge on any atom is -0.508 e. The molecule has 0 unspecified atom stereocenters. The van der Waals surface area contributed by atoms with Crippen molar-refractivity contribution in [2.24, 2.45) is 28.3 Å². The maximum absolute atomic E-state index is 14.9. The zero-order valence-electron chi connectivity index (χ0n) is 71.7. The van der Waals surface area contributed by atoms with E-state index in [-0.39, 0.29) is 75.8 Å². The Morgan fingerprint density at radius 1 is 0.548 bits per heavy atom. The molecule has 4 fully saturated rings. The molecule has 41 heteroatoms. The number of amides is 14. The highest BCUT2D eigenvalue weighted by Gasteiger charge is 2.49. The van der Waals surface area contributed by atoms with E-state index in [0.717, 1.165) is 95.9 Å². The second-order valence-electron chi connectivity index (χ2n) is 32.8. The van der Waals surface area contributed by atoms with E-state index in [1.54, 1.807) is 24.3 Å².